The topological polar surface area (TPSA) is 84.0 Å². The van der Waals surface area contributed by atoms with Crippen molar-refractivity contribution in [3.63, 3.8) is 0 Å². The van der Waals surface area contributed by atoms with Gasteiger partial charge >= 0.3 is 5.97 Å². The number of hydrogen-bond donors (Lipinski definition) is 0. The molecule has 0 spiro atoms. The van der Waals surface area contributed by atoms with Crippen molar-refractivity contribution in [2.24, 2.45) is 0 Å². The zero-order chi connectivity index (χ0) is 22.7. The first kappa shape index (κ1) is 21.9. The average molecular weight is 434 g/mol. The van der Waals surface area contributed by atoms with Crippen LogP contribution in [0.5, 0.6) is 0 Å². The largest absolute Gasteiger partial charge is 0.454 e. The lowest BCUT2D eigenvalue weighted by Crippen LogP contribution is -2.44. The summed E-state index contributed by atoms with van der Waals surface area (Å²) in [5.74, 6) is -1.37. The molecule has 166 valence electrons. The summed E-state index contributed by atoms with van der Waals surface area (Å²) in [7, 11) is 0. The molecule has 2 fully saturated rings. The number of nitrogens with zero attached hydrogens (tertiary/aromatic N) is 2. The minimum atomic E-state index is -0.637. The second-order valence-electron chi connectivity index (χ2n) is 8.30. The molecule has 2 aromatic rings. The number of anilines is 1. The lowest BCUT2D eigenvalue weighted by molar-refractivity contribution is -0.123. The van der Waals surface area contributed by atoms with E-state index >= 15 is 0 Å². The fourth-order valence-corrected chi connectivity index (χ4v) is 4.19. The molecule has 7 heteroatoms. The zero-order valence-electron chi connectivity index (χ0n) is 18.1. The predicted octanol–water partition coefficient (Wildman–Crippen LogP) is 3.15. The van der Waals surface area contributed by atoms with Crippen LogP contribution in [0.4, 0.5) is 5.69 Å². The van der Waals surface area contributed by atoms with Crippen molar-refractivity contribution in [2.75, 3.05) is 24.6 Å². The van der Waals surface area contributed by atoms with Crippen molar-refractivity contribution in [1.82, 2.24) is 4.90 Å². The van der Waals surface area contributed by atoms with E-state index in [9.17, 15) is 19.2 Å². The van der Waals surface area contributed by atoms with E-state index in [4.69, 9.17) is 4.74 Å². The molecule has 1 atom stereocenters. The SMILES string of the molecule is Cc1ccc(C(=O)COC(=O)c2ccc(N3C(=O)CC(N4CCCCC4)C3=O)cc2)cc1. The minimum Gasteiger partial charge on any atom is -0.454 e. The van der Waals surface area contributed by atoms with Crippen LogP contribution in [0.3, 0.4) is 0 Å². The van der Waals surface area contributed by atoms with Crippen molar-refractivity contribution in [2.45, 2.75) is 38.6 Å². The molecule has 0 aromatic heterocycles. The number of aryl methyl sites for hydroxylation is 1. The lowest BCUT2D eigenvalue weighted by atomic mass is 10.1. The van der Waals surface area contributed by atoms with Gasteiger partial charge in [-0.3, -0.25) is 19.3 Å². The first-order chi connectivity index (χ1) is 15.4. The zero-order valence-corrected chi connectivity index (χ0v) is 18.1. The maximum absolute atomic E-state index is 12.9. The number of carbonyl (C=O) groups excluding carboxylic acids is 4. The van der Waals surface area contributed by atoms with Gasteiger partial charge in [0.1, 0.15) is 0 Å². The van der Waals surface area contributed by atoms with E-state index in [1.54, 1.807) is 24.3 Å². The lowest BCUT2D eigenvalue weighted by Gasteiger charge is -2.30. The average Bonchev–Trinajstić information content (AvgIpc) is 3.12. The van der Waals surface area contributed by atoms with Crippen molar-refractivity contribution >= 4 is 29.3 Å². The molecule has 2 saturated heterocycles. The molecule has 2 aliphatic heterocycles. The molecule has 2 heterocycles. The van der Waals surface area contributed by atoms with E-state index in [2.05, 4.69) is 4.90 Å². The summed E-state index contributed by atoms with van der Waals surface area (Å²) in [6.45, 7) is 3.24. The van der Waals surface area contributed by atoms with Crippen LogP contribution < -0.4 is 4.90 Å². The molecule has 0 aliphatic carbocycles. The van der Waals surface area contributed by atoms with Crippen LogP contribution in [0.1, 0.15) is 52.0 Å². The third-order valence-electron chi connectivity index (χ3n) is 6.02. The van der Waals surface area contributed by atoms with Gasteiger partial charge in [-0.15, -0.1) is 0 Å². The monoisotopic (exact) mass is 434 g/mol. The number of esters is 1. The number of benzene rings is 2. The molecule has 0 saturated carbocycles. The second-order valence-corrected chi connectivity index (χ2v) is 8.30. The van der Waals surface area contributed by atoms with Gasteiger partial charge in [-0.1, -0.05) is 36.2 Å². The van der Waals surface area contributed by atoms with Crippen molar-refractivity contribution in [3.8, 4) is 0 Å². The standard InChI is InChI=1S/C25H26N2O5/c1-17-5-7-18(8-6-17)22(28)16-32-25(31)19-9-11-20(12-10-19)27-23(29)15-21(24(27)30)26-13-3-2-4-14-26/h5-12,21H,2-4,13-16H2,1H3. The first-order valence-corrected chi connectivity index (χ1v) is 10.9. The molecule has 0 N–H and O–H groups in total. The fourth-order valence-electron chi connectivity index (χ4n) is 4.19. The van der Waals surface area contributed by atoms with Gasteiger partial charge in [0.15, 0.2) is 12.4 Å². The number of likely N-dealkylation sites (tertiary alicyclic amines) is 1. The molecule has 2 aromatic carbocycles. The van der Waals surface area contributed by atoms with Gasteiger partial charge in [0.25, 0.3) is 5.91 Å². The highest BCUT2D eigenvalue weighted by Gasteiger charge is 2.42. The number of rotatable bonds is 6. The van der Waals surface area contributed by atoms with Crippen molar-refractivity contribution in [3.05, 3.63) is 65.2 Å². The quantitative estimate of drug-likeness (QED) is 0.395. The second kappa shape index (κ2) is 9.44. The van der Waals surface area contributed by atoms with Gasteiger partial charge in [0.05, 0.1) is 23.7 Å². The van der Waals surface area contributed by atoms with E-state index in [0.717, 1.165) is 37.9 Å². The molecule has 2 amide bonds. The van der Waals surface area contributed by atoms with Crippen LogP contribution in [0.2, 0.25) is 0 Å². The number of hydrogen-bond acceptors (Lipinski definition) is 6. The Morgan fingerprint density at radius 2 is 1.53 bits per heavy atom. The maximum atomic E-state index is 12.9. The Balaban J connectivity index is 1.37. The number of piperidine rings is 1. The van der Waals surface area contributed by atoms with Gasteiger partial charge in [-0.2, -0.15) is 0 Å². The summed E-state index contributed by atoms with van der Waals surface area (Å²) in [5.41, 5.74) is 2.20. The molecular formula is C25H26N2O5. The van der Waals surface area contributed by atoms with Crippen LogP contribution in [0, 0.1) is 6.92 Å². The Hall–Kier alpha value is -3.32. The first-order valence-electron chi connectivity index (χ1n) is 10.9. The van der Waals surface area contributed by atoms with E-state index in [-0.39, 0.29) is 36.2 Å². The Labute approximate surface area is 187 Å². The third kappa shape index (κ3) is 4.62. The summed E-state index contributed by atoms with van der Waals surface area (Å²) < 4.78 is 5.14. The Morgan fingerprint density at radius 1 is 0.906 bits per heavy atom. The third-order valence-corrected chi connectivity index (χ3v) is 6.02. The summed E-state index contributed by atoms with van der Waals surface area (Å²) >= 11 is 0. The smallest absolute Gasteiger partial charge is 0.338 e. The van der Waals surface area contributed by atoms with Crippen LogP contribution in [0.25, 0.3) is 0 Å². The molecule has 0 bridgehead atoms. The normalized spacial score (nSPS) is 19.3. The number of amides is 2. The summed E-state index contributed by atoms with van der Waals surface area (Å²) in [6, 6.07) is 12.8. The van der Waals surface area contributed by atoms with Crippen molar-refractivity contribution < 1.29 is 23.9 Å². The van der Waals surface area contributed by atoms with Gasteiger partial charge in [0, 0.05) is 5.56 Å². The van der Waals surface area contributed by atoms with Crippen LogP contribution in [-0.4, -0.2) is 54.2 Å². The minimum absolute atomic E-state index is 0.184. The van der Waals surface area contributed by atoms with Crippen molar-refractivity contribution in [1.29, 1.82) is 0 Å². The van der Waals surface area contributed by atoms with E-state index in [0.29, 0.717) is 11.3 Å². The highest BCUT2D eigenvalue weighted by molar-refractivity contribution is 6.22. The summed E-state index contributed by atoms with van der Waals surface area (Å²) in [5, 5.41) is 0. The number of carbonyl (C=O) groups is 4. The van der Waals surface area contributed by atoms with Gasteiger partial charge in [0.2, 0.25) is 5.91 Å². The van der Waals surface area contributed by atoms with Gasteiger partial charge in [-0.05, 0) is 57.1 Å². The molecular weight excluding hydrogens is 408 g/mol. The molecule has 2 aliphatic rings. The van der Waals surface area contributed by atoms with Crippen LogP contribution in [0.15, 0.2) is 48.5 Å². The van der Waals surface area contributed by atoms with Gasteiger partial charge < -0.3 is 4.74 Å². The molecule has 7 nitrogen and oxygen atoms in total. The van der Waals surface area contributed by atoms with E-state index < -0.39 is 12.0 Å². The highest BCUT2D eigenvalue weighted by atomic mass is 16.5. The molecule has 1 unspecified atom stereocenters. The fraction of sp³-hybridized carbons (Fsp3) is 0.360. The maximum Gasteiger partial charge on any atom is 0.338 e. The number of ether oxygens (including phenoxy) is 1. The molecule has 32 heavy (non-hydrogen) atoms. The Kier molecular flexibility index (Phi) is 6.46. The molecule has 4 rings (SSSR count). The predicted molar refractivity (Wildman–Crippen MR) is 119 cm³/mol. The number of imide groups is 1. The summed E-state index contributed by atoms with van der Waals surface area (Å²) in [6.07, 6.45) is 3.43. The van der Waals surface area contributed by atoms with E-state index in [1.807, 2.05) is 19.1 Å². The van der Waals surface area contributed by atoms with E-state index in [1.165, 1.54) is 17.0 Å². The van der Waals surface area contributed by atoms with Crippen LogP contribution >= 0.6 is 0 Å². The summed E-state index contributed by atoms with van der Waals surface area (Å²) in [4.78, 5) is 53.3. The number of ketones is 1. The Bertz CT molecular complexity index is 1020. The Morgan fingerprint density at radius 3 is 2.19 bits per heavy atom. The highest BCUT2D eigenvalue weighted by Crippen LogP contribution is 2.27. The molecule has 0 radical (unpaired) electrons. The van der Waals surface area contributed by atoms with Gasteiger partial charge in [-0.25, -0.2) is 9.69 Å². The van der Waals surface area contributed by atoms with Crippen LogP contribution in [-0.2, 0) is 14.3 Å². The number of Topliss-reactive ketones (excluding diaryl/α,β-unsaturated/α-hetero) is 1.